The van der Waals surface area contributed by atoms with Gasteiger partial charge in [0.25, 0.3) is 0 Å². The predicted molar refractivity (Wildman–Crippen MR) is 76.9 cm³/mol. The molecule has 2 amide bonds. The van der Waals surface area contributed by atoms with Crippen molar-refractivity contribution >= 4 is 24.2 Å². The molecule has 0 N–H and O–H groups in total. The van der Waals surface area contributed by atoms with Crippen molar-refractivity contribution in [3.05, 3.63) is 0 Å². The van der Waals surface area contributed by atoms with Gasteiger partial charge >= 0.3 is 0 Å². The fraction of sp³-hybridized carbons (Fsp3) is 0.714. The molecule has 0 spiro atoms. The van der Waals surface area contributed by atoms with E-state index in [9.17, 15) is 9.59 Å². The molecule has 0 aromatic heterocycles. The minimum Gasteiger partial charge on any atom is -0.370 e. The van der Waals surface area contributed by atoms with E-state index in [-0.39, 0.29) is 25.0 Å². The van der Waals surface area contributed by atoms with E-state index < -0.39 is 0 Å². The second-order valence-corrected chi connectivity index (χ2v) is 4.16. The number of hydrogen-bond acceptors (Lipinski definition) is 3. The largest absolute Gasteiger partial charge is 0.370 e. The van der Waals surface area contributed by atoms with Gasteiger partial charge in [0.2, 0.25) is 11.8 Å². The van der Waals surface area contributed by atoms with Crippen molar-refractivity contribution in [3.8, 4) is 0 Å². The van der Waals surface area contributed by atoms with Gasteiger partial charge in [-0.2, -0.15) is 0 Å². The van der Waals surface area contributed by atoms with E-state index in [1.54, 1.807) is 0 Å². The van der Waals surface area contributed by atoms with Crippen LogP contribution in [0, 0.1) is 0 Å². The average Bonchev–Trinajstić information content (AvgIpc) is 2.41. The van der Waals surface area contributed by atoms with E-state index in [2.05, 4.69) is 9.98 Å². The van der Waals surface area contributed by atoms with E-state index in [1.165, 1.54) is 12.4 Å². The summed E-state index contributed by atoms with van der Waals surface area (Å²) >= 11 is 0. The Hall–Kier alpha value is -1.36. The van der Waals surface area contributed by atoms with Gasteiger partial charge in [0.1, 0.15) is 0 Å². The van der Waals surface area contributed by atoms with Crippen LogP contribution in [0.2, 0.25) is 0 Å². The summed E-state index contributed by atoms with van der Waals surface area (Å²) in [5.41, 5.74) is 0. The smallest absolute Gasteiger partial charge is 0.245 e. The lowest BCUT2D eigenvalue weighted by molar-refractivity contribution is -0.118. The van der Waals surface area contributed by atoms with Crippen LogP contribution in [0.25, 0.3) is 0 Å². The van der Waals surface area contributed by atoms with Crippen LogP contribution in [0.1, 0.15) is 52.4 Å². The van der Waals surface area contributed by atoms with E-state index in [0.717, 1.165) is 25.7 Å². The van der Waals surface area contributed by atoms with Gasteiger partial charge in [-0.3, -0.25) is 9.59 Å². The molecule has 0 aromatic carbocycles. The number of ether oxygens (including phenoxy) is 1. The first-order valence-electron chi connectivity index (χ1n) is 6.89. The summed E-state index contributed by atoms with van der Waals surface area (Å²) in [5.74, 6) is -0.234. The van der Waals surface area contributed by atoms with Gasteiger partial charge in [-0.25, -0.2) is 9.98 Å². The van der Waals surface area contributed by atoms with E-state index >= 15 is 0 Å². The molecule has 0 heterocycles. The number of hydrogen-bond donors (Lipinski definition) is 0. The second kappa shape index (κ2) is 13.1. The van der Waals surface area contributed by atoms with Crippen molar-refractivity contribution < 1.29 is 14.3 Å². The van der Waals surface area contributed by atoms with Crippen LogP contribution < -0.4 is 0 Å². The number of rotatable bonds is 10. The van der Waals surface area contributed by atoms with Crippen LogP contribution in [0.5, 0.6) is 0 Å². The third-order valence-electron chi connectivity index (χ3n) is 2.34. The molecule has 108 valence electrons. The molecular weight excluding hydrogens is 244 g/mol. The van der Waals surface area contributed by atoms with Crippen molar-refractivity contribution in [2.45, 2.75) is 52.4 Å². The monoisotopic (exact) mass is 268 g/mol. The van der Waals surface area contributed by atoms with E-state index in [1.807, 2.05) is 13.8 Å². The van der Waals surface area contributed by atoms with Crippen LogP contribution in [0.15, 0.2) is 9.98 Å². The first-order valence-corrected chi connectivity index (χ1v) is 6.89. The topological polar surface area (TPSA) is 68.1 Å². The molecule has 19 heavy (non-hydrogen) atoms. The highest BCUT2D eigenvalue weighted by Gasteiger charge is 1.96. The highest BCUT2D eigenvalue weighted by molar-refractivity contribution is 5.86. The SMILES string of the molecule is CCCCC(=O)N=CCOCC=NC(=O)CCCC. The van der Waals surface area contributed by atoms with Crippen molar-refractivity contribution in [1.29, 1.82) is 0 Å². The molecule has 0 aliphatic rings. The maximum Gasteiger partial charge on any atom is 0.245 e. The third-order valence-corrected chi connectivity index (χ3v) is 2.34. The Bertz CT molecular complexity index is 282. The summed E-state index contributed by atoms with van der Waals surface area (Å²) in [4.78, 5) is 29.8. The zero-order valence-electron chi connectivity index (χ0n) is 11.9. The fourth-order valence-corrected chi connectivity index (χ4v) is 1.24. The predicted octanol–water partition coefficient (Wildman–Crippen LogP) is 2.58. The van der Waals surface area contributed by atoms with Gasteiger partial charge in [0.15, 0.2) is 0 Å². The lowest BCUT2D eigenvalue weighted by Crippen LogP contribution is -2.02. The van der Waals surface area contributed by atoms with Crippen LogP contribution in [0.4, 0.5) is 0 Å². The van der Waals surface area contributed by atoms with E-state index in [0.29, 0.717) is 12.8 Å². The first kappa shape index (κ1) is 17.6. The molecule has 0 fully saturated rings. The van der Waals surface area contributed by atoms with Crippen LogP contribution in [0.3, 0.4) is 0 Å². The lowest BCUT2D eigenvalue weighted by atomic mass is 10.2. The van der Waals surface area contributed by atoms with Crippen molar-refractivity contribution in [1.82, 2.24) is 0 Å². The van der Waals surface area contributed by atoms with Gasteiger partial charge in [0.05, 0.1) is 13.2 Å². The summed E-state index contributed by atoms with van der Waals surface area (Å²) in [5, 5.41) is 0. The van der Waals surface area contributed by atoms with Gasteiger partial charge in [0, 0.05) is 25.3 Å². The molecule has 0 saturated heterocycles. The number of carbonyl (C=O) groups is 2. The highest BCUT2D eigenvalue weighted by Crippen LogP contribution is 1.96. The van der Waals surface area contributed by atoms with Crippen molar-refractivity contribution in [2.75, 3.05) is 13.2 Å². The Morgan fingerprint density at radius 1 is 0.895 bits per heavy atom. The molecule has 0 rings (SSSR count). The minimum absolute atomic E-state index is 0.117. The molecule has 5 heteroatoms. The van der Waals surface area contributed by atoms with Gasteiger partial charge in [-0.15, -0.1) is 0 Å². The summed E-state index contributed by atoms with van der Waals surface area (Å²) in [7, 11) is 0. The third kappa shape index (κ3) is 12.9. The maximum atomic E-state index is 11.2. The normalized spacial score (nSPS) is 11.5. The lowest BCUT2D eigenvalue weighted by Gasteiger charge is -1.95. The molecule has 0 aliphatic carbocycles. The summed E-state index contributed by atoms with van der Waals surface area (Å²) in [6.07, 6.45) is 7.57. The maximum absolute atomic E-state index is 11.2. The number of amides is 2. The Morgan fingerprint density at radius 3 is 1.68 bits per heavy atom. The molecular formula is C14H24N2O3. The molecule has 0 aliphatic heterocycles. The molecule has 0 aromatic rings. The van der Waals surface area contributed by atoms with Gasteiger partial charge in [-0.1, -0.05) is 26.7 Å². The molecule has 5 nitrogen and oxygen atoms in total. The minimum atomic E-state index is -0.117. The molecule has 0 unspecified atom stereocenters. The zero-order valence-corrected chi connectivity index (χ0v) is 11.9. The molecule has 0 bridgehead atoms. The Balaban J connectivity index is 3.53. The first-order chi connectivity index (χ1) is 9.20. The van der Waals surface area contributed by atoms with Crippen molar-refractivity contribution in [3.63, 3.8) is 0 Å². The highest BCUT2D eigenvalue weighted by atomic mass is 16.5. The number of carbonyl (C=O) groups excluding carboxylic acids is 2. The second-order valence-electron chi connectivity index (χ2n) is 4.16. The number of unbranched alkanes of at least 4 members (excludes halogenated alkanes) is 2. The quantitative estimate of drug-likeness (QED) is 0.451. The average molecular weight is 268 g/mol. The zero-order chi connectivity index (χ0) is 14.3. The number of nitrogens with zero attached hydrogens (tertiary/aromatic N) is 2. The summed E-state index contributed by atoms with van der Waals surface area (Å²) in [6, 6.07) is 0. The van der Waals surface area contributed by atoms with Gasteiger partial charge in [-0.05, 0) is 12.8 Å². The van der Waals surface area contributed by atoms with E-state index in [4.69, 9.17) is 4.74 Å². The Kier molecular flexibility index (Phi) is 12.1. The Labute approximate surface area is 115 Å². The van der Waals surface area contributed by atoms with Crippen LogP contribution in [-0.2, 0) is 14.3 Å². The van der Waals surface area contributed by atoms with Crippen LogP contribution >= 0.6 is 0 Å². The standard InChI is InChI=1S/C14H24N2O3/c1-3-5-7-13(17)15-9-11-19-12-10-16-14(18)8-6-4-2/h9-10H,3-8,11-12H2,1-2H3. The molecule has 0 saturated carbocycles. The summed E-state index contributed by atoms with van der Waals surface area (Å²) < 4.78 is 5.14. The van der Waals surface area contributed by atoms with Crippen LogP contribution in [-0.4, -0.2) is 37.5 Å². The number of aliphatic imine (C=N–C) groups is 2. The van der Waals surface area contributed by atoms with Gasteiger partial charge < -0.3 is 4.74 Å². The summed E-state index contributed by atoms with van der Waals surface area (Å²) in [6.45, 7) is 4.57. The molecule has 0 atom stereocenters. The fourth-order valence-electron chi connectivity index (χ4n) is 1.24. The van der Waals surface area contributed by atoms with Crippen molar-refractivity contribution in [2.24, 2.45) is 9.98 Å². The molecule has 0 radical (unpaired) electrons. The Morgan fingerprint density at radius 2 is 1.32 bits per heavy atom.